The molecule has 118 valence electrons. The second kappa shape index (κ2) is 6.29. The van der Waals surface area contributed by atoms with Crippen molar-refractivity contribution in [3.63, 3.8) is 0 Å². The number of hydrogen-bond acceptors (Lipinski definition) is 6. The number of hydrogen-bond donors (Lipinski definition) is 2. The minimum Gasteiger partial charge on any atom is -0.365 e. The van der Waals surface area contributed by atoms with Crippen molar-refractivity contribution in [3.8, 4) is 0 Å². The summed E-state index contributed by atoms with van der Waals surface area (Å²) in [4.78, 5) is 25.6. The van der Waals surface area contributed by atoms with E-state index in [4.69, 9.17) is 0 Å². The van der Waals surface area contributed by atoms with E-state index in [1.165, 1.54) is 11.3 Å². The summed E-state index contributed by atoms with van der Waals surface area (Å²) in [6.07, 6.45) is 0. The molecule has 1 aromatic carbocycles. The lowest BCUT2D eigenvalue weighted by Gasteiger charge is -2.06. The molecule has 0 aliphatic rings. The van der Waals surface area contributed by atoms with E-state index in [9.17, 15) is 4.79 Å². The summed E-state index contributed by atoms with van der Waals surface area (Å²) >= 11 is 1.51. The molecule has 0 bridgehead atoms. The molecule has 3 aromatic rings. The van der Waals surface area contributed by atoms with Crippen molar-refractivity contribution in [2.75, 3.05) is 12.4 Å². The van der Waals surface area contributed by atoms with E-state index < -0.39 is 0 Å². The highest BCUT2D eigenvalue weighted by Gasteiger charge is 2.09. The molecular formula is C16H17N5OS. The molecule has 6 nitrogen and oxygen atoms in total. The van der Waals surface area contributed by atoms with Crippen molar-refractivity contribution in [3.05, 3.63) is 46.2 Å². The number of rotatable bonds is 4. The van der Waals surface area contributed by atoms with Gasteiger partial charge >= 0.3 is 0 Å². The molecule has 23 heavy (non-hydrogen) atoms. The highest BCUT2D eigenvalue weighted by atomic mass is 32.1. The van der Waals surface area contributed by atoms with E-state index >= 15 is 0 Å². The van der Waals surface area contributed by atoms with Gasteiger partial charge in [-0.25, -0.2) is 15.0 Å². The van der Waals surface area contributed by atoms with Crippen LogP contribution in [-0.2, 0) is 6.54 Å². The van der Waals surface area contributed by atoms with Crippen LogP contribution in [0.3, 0.4) is 0 Å². The summed E-state index contributed by atoms with van der Waals surface area (Å²) in [6, 6.07) is 5.36. The number of aryl methyl sites for hydroxylation is 2. The largest absolute Gasteiger partial charge is 0.365 e. The number of fused-ring (bicyclic) bond motifs is 1. The molecule has 0 fully saturated rings. The van der Waals surface area contributed by atoms with Crippen LogP contribution in [-0.4, -0.2) is 27.9 Å². The number of amides is 1. The maximum absolute atomic E-state index is 12.3. The highest BCUT2D eigenvalue weighted by Crippen LogP contribution is 2.16. The molecule has 3 rings (SSSR count). The average molecular weight is 327 g/mol. The van der Waals surface area contributed by atoms with Gasteiger partial charge in [-0.2, -0.15) is 0 Å². The molecule has 0 spiro atoms. The van der Waals surface area contributed by atoms with Gasteiger partial charge in [-0.1, -0.05) is 0 Å². The fourth-order valence-electron chi connectivity index (χ4n) is 2.15. The van der Waals surface area contributed by atoms with Crippen molar-refractivity contribution < 1.29 is 4.79 Å². The minimum absolute atomic E-state index is 0.147. The summed E-state index contributed by atoms with van der Waals surface area (Å²) in [5.74, 6) is -0.147. The zero-order chi connectivity index (χ0) is 16.4. The Bertz CT molecular complexity index is 874. The number of nitrogens with one attached hydrogen (secondary N) is 2. The van der Waals surface area contributed by atoms with Crippen LogP contribution in [0.2, 0.25) is 0 Å². The predicted molar refractivity (Wildman–Crippen MR) is 91.8 cm³/mol. The summed E-state index contributed by atoms with van der Waals surface area (Å²) in [5.41, 5.74) is 4.70. The number of carbonyl (C=O) groups excluding carboxylic acids is 1. The smallest absolute Gasteiger partial charge is 0.251 e. The molecule has 7 heteroatoms. The van der Waals surface area contributed by atoms with Crippen molar-refractivity contribution in [1.82, 2.24) is 20.3 Å². The first-order valence-corrected chi connectivity index (χ1v) is 8.10. The number of carbonyl (C=O) groups is 1. The van der Waals surface area contributed by atoms with Crippen LogP contribution in [0.25, 0.3) is 11.0 Å². The number of benzene rings is 1. The molecule has 1 amide bonds. The Kier molecular flexibility index (Phi) is 4.20. The van der Waals surface area contributed by atoms with Gasteiger partial charge in [0.15, 0.2) is 5.13 Å². The lowest BCUT2D eigenvalue weighted by molar-refractivity contribution is 0.0950. The lowest BCUT2D eigenvalue weighted by Crippen LogP contribution is -2.23. The Balaban J connectivity index is 1.76. The number of thiazole rings is 1. The Morgan fingerprint density at radius 3 is 2.57 bits per heavy atom. The lowest BCUT2D eigenvalue weighted by atomic mass is 10.1. The molecule has 0 unspecified atom stereocenters. The van der Waals surface area contributed by atoms with Gasteiger partial charge in [0.1, 0.15) is 0 Å². The molecule has 2 heterocycles. The summed E-state index contributed by atoms with van der Waals surface area (Å²) in [6.45, 7) is 4.24. The average Bonchev–Trinajstić information content (AvgIpc) is 3.01. The van der Waals surface area contributed by atoms with Crippen molar-refractivity contribution >= 4 is 33.4 Å². The summed E-state index contributed by atoms with van der Waals surface area (Å²) in [7, 11) is 1.82. The zero-order valence-corrected chi connectivity index (χ0v) is 14.0. The van der Waals surface area contributed by atoms with Gasteiger partial charge in [-0.15, -0.1) is 11.3 Å². The maximum atomic E-state index is 12.3. The SMILES string of the molecule is CNc1nc(CNC(=O)c2ccc3nc(C)c(C)nc3c2)cs1. The molecule has 0 aliphatic carbocycles. The van der Waals surface area contributed by atoms with E-state index in [1.54, 1.807) is 12.1 Å². The Labute approximate surface area is 138 Å². The van der Waals surface area contributed by atoms with Crippen molar-refractivity contribution in [2.24, 2.45) is 0 Å². The molecule has 2 N–H and O–H groups in total. The molecule has 0 aliphatic heterocycles. The van der Waals surface area contributed by atoms with Gasteiger partial charge in [0.05, 0.1) is 34.7 Å². The zero-order valence-electron chi connectivity index (χ0n) is 13.2. The Morgan fingerprint density at radius 1 is 1.13 bits per heavy atom. The summed E-state index contributed by atoms with van der Waals surface area (Å²) < 4.78 is 0. The van der Waals surface area contributed by atoms with Gasteiger partial charge in [0.25, 0.3) is 5.91 Å². The first-order valence-electron chi connectivity index (χ1n) is 7.22. The third-order valence-electron chi connectivity index (χ3n) is 3.53. The number of aromatic nitrogens is 3. The molecule has 2 aromatic heterocycles. The van der Waals surface area contributed by atoms with E-state index in [2.05, 4.69) is 25.6 Å². The minimum atomic E-state index is -0.147. The topological polar surface area (TPSA) is 79.8 Å². The molecular weight excluding hydrogens is 310 g/mol. The Hall–Kier alpha value is -2.54. The fourth-order valence-corrected chi connectivity index (χ4v) is 2.82. The highest BCUT2D eigenvalue weighted by molar-refractivity contribution is 7.13. The van der Waals surface area contributed by atoms with E-state index in [0.717, 1.165) is 33.2 Å². The third-order valence-corrected chi connectivity index (χ3v) is 4.44. The Morgan fingerprint density at radius 2 is 1.87 bits per heavy atom. The predicted octanol–water partition coefficient (Wildman–Crippen LogP) is 2.67. The van der Waals surface area contributed by atoms with Crippen LogP contribution in [0.4, 0.5) is 5.13 Å². The van der Waals surface area contributed by atoms with Crippen molar-refractivity contribution in [1.29, 1.82) is 0 Å². The van der Waals surface area contributed by atoms with E-state index in [-0.39, 0.29) is 5.91 Å². The van der Waals surface area contributed by atoms with Gasteiger partial charge in [-0.05, 0) is 32.0 Å². The van der Waals surface area contributed by atoms with Crippen LogP contribution in [0.5, 0.6) is 0 Å². The molecule has 0 atom stereocenters. The molecule has 0 saturated heterocycles. The van der Waals surface area contributed by atoms with Gasteiger partial charge in [0, 0.05) is 18.0 Å². The normalized spacial score (nSPS) is 10.7. The van der Waals surface area contributed by atoms with Crippen LogP contribution in [0.15, 0.2) is 23.6 Å². The standard InChI is InChI=1S/C16H17N5OS/c1-9-10(2)20-14-6-11(4-5-13(14)19-9)15(22)18-7-12-8-23-16(17-3)21-12/h4-6,8H,7H2,1-3H3,(H,17,21)(H,18,22). The van der Waals surface area contributed by atoms with Crippen LogP contribution >= 0.6 is 11.3 Å². The summed E-state index contributed by atoms with van der Waals surface area (Å²) in [5, 5.41) is 8.60. The van der Waals surface area contributed by atoms with E-state index in [0.29, 0.717) is 12.1 Å². The second-order valence-corrected chi connectivity index (χ2v) is 6.03. The van der Waals surface area contributed by atoms with Gasteiger partial charge < -0.3 is 10.6 Å². The first kappa shape index (κ1) is 15.4. The van der Waals surface area contributed by atoms with Gasteiger partial charge in [-0.3, -0.25) is 4.79 Å². The number of anilines is 1. The van der Waals surface area contributed by atoms with E-state index in [1.807, 2.05) is 32.3 Å². The maximum Gasteiger partial charge on any atom is 0.251 e. The fraction of sp³-hybridized carbons (Fsp3) is 0.250. The van der Waals surface area contributed by atoms with Gasteiger partial charge in [0.2, 0.25) is 0 Å². The van der Waals surface area contributed by atoms with Crippen LogP contribution in [0, 0.1) is 13.8 Å². The number of nitrogens with zero attached hydrogens (tertiary/aromatic N) is 3. The van der Waals surface area contributed by atoms with Crippen LogP contribution in [0.1, 0.15) is 27.4 Å². The monoisotopic (exact) mass is 327 g/mol. The third kappa shape index (κ3) is 3.29. The quantitative estimate of drug-likeness (QED) is 0.770. The molecule has 0 saturated carbocycles. The van der Waals surface area contributed by atoms with Crippen LogP contribution < -0.4 is 10.6 Å². The molecule has 0 radical (unpaired) electrons. The second-order valence-electron chi connectivity index (χ2n) is 5.17. The van der Waals surface area contributed by atoms with Crippen molar-refractivity contribution in [2.45, 2.75) is 20.4 Å². The first-order chi connectivity index (χ1) is 11.1.